The minimum Gasteiger partial charge on any atom is -0.458 e. The molecular weight excluding hydrogens is 448 g/mol. The molecule has 1 aliphatic rings. The van der Waals surface area contributed by atoms with Crippen LogP contribution in [0.2, 0.25) is 0 Å². The number of nitrogens with one attached hydrogen (secondary N) is 1. The minimum atomic E-state index is -0.975. The van der Waals surface area contributed by atoms with Crippen molar-refractivity contribution in [2.45, 2.75) is 44.8 Å². The van der Waals surface area contributed by atoms with E-state index in [2.05, 4.69) is 23.5 Å². The van der Waals surface area contributed by atoms with E-state index >= 15 is 0 Å². The standard InChI is InChI=1S/C27H26N2O4S/c1-27(2,3)33-25(30)23(14-17-12-13-34-24(17)15-28)29-26(31)32-16-22-20-10-6-4-8-18(20)19-9-5-7-11-21(19)22/h4-13,22-23H,14,16H2,1-3H3,(H,29,31)/t23-/m0/s1. The van der Waals surface area contributed by atoms with Crippen LogP contribution in [0, 0.1) is 11.3 Å². The van der Waals surface area contributed by atoms with Crippen LogP contribution in [0.3, 0.4) is 0 Å². The van der Waals surface area contributed by atoms with Crippen molar-refractivity contribution in [1.29, 1.82) is 5.26 Å². The van der Waals surface area contributed by atoms with Crippen molar-refractivity contribution < 1.29 is 19.1 Å². The van der Waals surface area contributed by atoms with Crippen LogP contribution in [-0.4, -0.2) is 30.3 Å². The molecule has 3 aromatic rings. The molecule has 0 aliphatic heterocycles. The number of thiophene rings is 1. The van der Waals surface area contributed by atoms with Crippen molar-refractivity contribution >= 4 is 23.4 Å². The molecule has 1 atom stereocenters. The highest BCUT2D eigenvalue weighted by atomic mass is 32.1. The lowest BCUT2D eigenvalue weighted by atomic mass is 9.98. The van der Waals surface area contributed by atoms with E-state index in [0.29, 0.717) is 10.4 Å². The molecule has 0 saturated carbocycles. The lowest BCUT2D eigenvalue weighted by Crippen LogP contribution is -2.46. The Morgan fingerprint density at radius 1 is 1.06 bits per heavy atom. The summed E-state index contributed by atoms with van der Waals surface area (Å²) in [5.41, 5.74) is 4.46. The van der Waals surface area contributed by atoms with Crippen LogP contribution >= 0.6 is 11.3 Å². The van der Waals surface area contributed by atoms with E-state index in [0.717, 1.165) is 22.3 Å². The highest BCUT2D eigenvalue weighted by molar-refractivity contribution is 7.10. The summed E-state index contributed by atoms with van der Waals surface area (Å²) in [7, 11) is 0. The van der Waals surface area contributed by atoms with Gasteiger partial charge in [-0.15, -0.1) is 11.3 Å². The Hall–Kier alpha value is -3.63. The number of alkyl carbamates (subject to hydrolysis) is 1. The fourth-order valence-corrected chi connectivity index (χ4v) is 4.89. The van der Waals surface area contributed by atoms with Crippen molar-refractivity contribution in [2.24, 2.45) is 0 Å². The van der Waals surface area contributed by atoms with E-state index < -0.39 is 23.7 Å². The van der Waals surface area contributed by atoms with E-state index in [9.17, 15) is 14.9 Å². The molecule has 1 aromatic heterocycles. The number of fused-ring (bicyclic) bond motifs is 3. The maximum absolute atomic E-state index is 12.8. The van der Waals surface area contributed by atoms with Gasteiger partial charge in [-0.25, -0.2) is 9.59 Å². The first-order valence-corrected chi connectivity index (χ1v) is 12.0. The van der Waals surface area contributed by atoms with Gasteiger partial charge >= 0.3 is 12.1 Å². The zero-order valence-electron chi connectivity index (χ0n) is 19.3. The topological polar surface area (TPSA) is 88.4 Å². The van der Waals surface area contributed by atoms with Gasteiger partial charge in [0.15, 0.2) is 0 Å². The van der Waals surface area contributed by atoms with Gasteiger partial charge in [-0.05, 0) is 60.0 Å². The average molecular weight is 475 g/mol. The number of carbonyl (C=O) groups is 2. The van der Waals surface area contributed by atoms with Crippen molar-refractivity contribution in [2.75, 3.05) is 6.61 Å². The van der Waals surface area contributed by atoms with Crippen LogP contribution in [0.1, 0.15) is 48.3 Å². The molecule has 1 amide bonds. The molecule has 7 heteroatoms. The molecule has 1 heterocycles. The number of hydrogen-bond donors (Lipinski definition) is 1. The molecule has 34 heavy (non-hydrogen) atoms. The molecule has 6 nitrogen and oxygen atoms in total. The molecule has 174 valence electrons. The number of rotatable bonds is 6. The smallest absolute Gasteiger partial charge is 0.407 e. The van der Waals surface area contributed by atoms with Gasteiger partial charge in [-0.3, -0.25) is 0 Å². The Kier molecular flexibility index (Phi) is 6.71. The molecule has 1 aliphatic carbocycles. The monoisotopic (exact) mass is 474 g/mol. The van der Waals surface area contributed by atoms with Gasteiger partial charge in [0.05, 0.1) is 0 Å². The van der Waals surface area contributed by atoms with E-state index in [-0.39, 0.29) is 18.9 Å². The Morgan fingerprint density at radius 3 is 2.26 bits per heavy atom. The molecule has 2 aromatic carbocycles. The second-order valence-electron chi connectivity index (χ2n) is 9.15. The normalized spacial score (nSPS) is 13.4. The van der Waals surface area contributed by atoms with Gasteiger partial charge in [0.2, 0.25) is 0 Å². The van der Waals surface area contributed by atoms with E-state index in [1.807, 2.05) is 36.4 Å². The zero-order chi connectivity index (χ0) is 24.3. The van der Waals surface area contributed by atoms with E-state index in [4.69, 9.17) is 9.47 Å². The number of benzene rings is 2. The van der Waals surface area contributed by atoms with Crippen LogP contribution in [0.25, 0.3) is 11.1 Å². The van der Waals surface area contributed by atoms with Gasteiger partial charge in [-0.1, -0.05) is 48.5 Å². The SMILES string of the molecule is CC(C)(C)OC(=O)[C@H](Cc1ccsc1C#N)NC(=O)OCC1c2ccccc2-c2ccccc21. The number of amides is 1. The number of esters is 1. The number of hydrogen-bond acceptors (Lipinski definition) is 6. The van der Waals surface area contributed by atoms with Crippen LogP contribution in [0.5, 0.6) is 0 Å². The molecule has 1 N–H and O–H groups in total. The van der Waals surface area contributed by atoms with Crippen molar-refractivity contribution in [3.8, 4) is 17.2 Å². The first kappa shape index (κ1) is 23.5. The molecule has 0 spiro atoms. The molecule has 4 rings (SSSR count). The van der Waals surface area contributed by atoms with Crippen LogP contribution in [-0.2, 0) is 20.7 Å². The Labute approximate surface area is 203 Å². The summed E-state index contributed by atoms with van der Waals surface area (Å²) in [5.74, 6) is -0.656. The Bertz CT molecular complexity index is 1210. The van der Waals surface area contributed by atoms with Gasteiger partial charge in [0.25, 0.3) is 0 Å². The molecule has 0 bridgehead atoms. The predicted octanol–water partition coefficient (Wildman–Crippen LogP) is 5.41. The fourth-order valence-electron chi connectivity index (χ4n) is 4.16. The molecule has 0 saturated heterocycles. The molecular formula is C27H26N2O4S. The Morgan fingerprint density at radius 2 is 1.68 bits per heavy atom. The highest BCUT2D eigenvalue weighted by Crippen LogP contribution is 2.44. The summed E-state index contributed by atoms with van der Waals surface area (Å²) in [5, 5.41) is 13.8. The van der Waals surface area contributed by atoms with Crippen molar-refractivity contribution in [1.82, 2.24) is 5.32 Å². The fraction of sp³-hybridized carbons (Fsp3) is 0.296. The summed E-state index contributed by atoms with van der Waals surface area (Å²) >= 11 is 1.29. The first-order chi connectivity index (χ1) is 16.3. The van der Waals surface area contributed by atoms with Gasteiger partial charge in [0.1, 0.15) is 29.2 Å². The van der Waals surface area contributed by atoms with Crippen LogP contribution in [0.15, 0.2) is 60.0 Å². The maximum atomic E-state index is 12.8. The summed E-state index contributed by atoms with van der Waals surface area (Å²) in [6.45, 7) is 5.44. The van der Waals surface area contributed by atoms with Crippen LogP contribution in [0.4, 0.5) is 4.79 Å². The molecule has 0 radical (unpaired) electrons. The van der Waals surface area contributed by atoms with Crippen molar-refractivity contribution in [3.63, 3.8) is 0 Å². The molecule has 0 fully saturated rings. The van der Waals surface area contributed by atoms with E-state index in [1.165, 1.54) is 11.3 Å². The van der Waals surface area contributed by atoms with Crippen LogP contribution < -0.4 is 5.32 Å². The zero-order valence-corrected chi connectivity index (χ0v) is 20.1. The summed E-state index contributed by atoms with van der Waals surface area (Å²) < 4.78 is 11.1. The largest absolute Gasteiger partial charge is 0.458 e. The third-order valence-corrected chi connectivity index (χ3v) is 6.46. The predicted molar refractivity (Wildman–Crippen MR) is 131 cm³/mol. The second-order valence-corrected chi connectivity index (χ2v) is 10.1. The Balaban J connectivity index is 1.48. The summed E-state index contributed by atoms with van der Waals surface area (Å²) in [6, 6.07) is 19.1. The first-order valence-electron chi connectivity index (χ1n) is 11.1. The number of carbonyl (C=O) groups excluding carboxylic acids is 2. The average Bonchev–Trinajstić information content (AvgIpc) is 3.38. The van der Waals surface area contributed by atoms with Crippen molar-refractivity contribution in [3.05, 3.63) is 81.5 Å². The quantitative estimate of drug-likeness (QED) is 0.483. The van der Waals surface area contributed by atoms with E-state index in [1.54, 1.807) is 32.2 Å². The van der Waals surface area contributed by atoms with Gasteiger partial charge < -0.3 is 14.8 Å². The summed E-state index contributed by atoms with van der Waals surface area (Å²) in [4.78, 5) is 26.1. The lowest BCUT2D eigenvalue weighted by Gasteiger charge is -2.24. The second kappa shape index (κ2) is 9.70. The number of nitrogens with zero attached hydrogens (tertiary/aromatic N) is 1. The third kappa shape index (κ3) is 5.13. The highest BCUT2D eigenvalue weighted by Gasteiger charge is 2.31. The van der Waals surface area contributed by atoms with Gasteiger partial charge in [0, 0.05) is 12.3 Å². The number of nitriles is 1. The molecule has 0 unspecified atom stereocenters. The maximum Gasteiger partial charge on any atom is 0.407 e. The number of ether oxygens (including phenoxy) is 2. The summed E-state index contributed by atoms with van der Waals surface area (Å²) in [6.07, 6.45) is -0.558. The van der Waals surface area contributed by atoms with Gasteiger partial charge in [-0.2, -0.15) is 5.26 Å². The lowest BCUT2D eigenvalue weighted by molar-refractivity contribution is -0.157. The minimum absolute atomic E-state index is 0.0832. The third-order valence-electron chi connectivity index (χ3n) is 5.60.